The van der Waals surface area contributed by atoms with E-state index in [1.54, 1.807) is 0 Å². The molecule has 0 fully saturated rings. The highest BCUT2D eigenvalue weighted by molar-refractivity contribution is 9.10. The standard InChI is InChI=1S/C14H8BrClN2O2S2/c15-8-5-10-13(18-14(22-10)21-6-11(19)20)17-12(8)7-3-1-2-4-9(7)16/h1-5H,6H2,(H,19,20). The first-order valence-corrected chi connectivity index (χ1v) is 9.08. The number of benzene rings is 1. The van der Waals surface area contributed by atoms with Gasteiger partial charge in [-0.25, -0.2) is 9.97 Å². The molecule has 0 spiro atoms. The second kappa shape index (κ2) is 6.54. The van der Waals surface area contributed by atoms with Gasteiger partial charge in [0.1, 0.15) is 0 Å². The van der Waals surface area contributed by atoms with E-state index in [2.05, 4.69) is 25.9 Å². The molecule has 0 radical (unpaired) electrons. The van der Waals surface area contributed by atoms with Gasteiger partial charge in [-0.2, -0.15) is 0 Å². The first kappa shape index (κ1) is 15.7. The fraction of sp³-hybridized carbons (Fsp3) is 0.0714. The van der Waals surface area contributed by atoms with Crippen LogP contribution in [-0.2, 0) is 4.79 Å². The van der Waals surface area contributed by atoms with Gasteiger partial charge in [-0.1, -0.05) is 41.6 Å². The van der Waals surface area contributed by atoms with Gasteiger partial charge in [0, 0.05) is 15.1 Å². The van der Waals surface area contributed by atoms with E-state index in [0.29, 0.717) is 15.0 Å². The number of thioether (sulfide) groups is 1. The minimum Gasteiger partial charge on any atom is -0.481 e. The Kier molecular flexibility index (Phi) is 4.67. The second-order valence-corrected chi connectivity index (χ2v) is 7.80. The van der Waals surface area contributed by atoms with Crippen LogP contribution < -0.4 is 0 Å². The number of aliphatic carboxylic acids is 1. The molecule has 2 heterocycles. The predicted molar refractivity (Wildman–Crippen MR) is 93.9 cm³/mol. The highest BCUT2D eigenvalue weighted by atomic mass is 79.9. The van der Waals surface area contributed by atoms with Crippen LogP contribution in [0.25, 0.3) is 21.6 Å². The van der Waals surface area contributed by atoms with E-state index in [-0.39, 0.29) is 5.75 Å². The highest BCUT2D eigenvalue weighted by Gasteiger charge is 2.14. The third-order valence-electron chi connectivity index (χ3n) is 2.76. The molecule has 0 unspecified atom stereocenters. The molecule has 4 nitrogen and oxygen atoms in total. The molecular weight excluding hydrogens is 408 g/mol. The summed E-state index contributed by atoms with van der Waals surface area (Å²) in [6.45, 7) is 0. The van der Waals surface area contributed by atoms with Crippen LogP contribution in [0.1, 0.15) is 0 Å². The van der Waals surface area contributed by atoms with Gasteiger partial charge in [0.25, 0.3) is 0 Å². The molecule has 112 valence electrons. The first-order valence-electron chi connectivity index (χ1n) is 6.11. The van der Waals surface area contributed by atoms with Crippen LogP contribution >= 0.6 is 50.6 Å². The summed E-state index contributed by atoms with van der Waals surface area (Å²) in [6, 6.07) is 9.40. The third kappa shape index (κ3) is 3.27. The smallest absolute Gasteiger partial charge is 0.313 e. The fourth-order valence-corrected chi connectivity index (χ4v) is 4.52. The van der Waals surface area contributed by atoms with Crippen molar-refractivity contribution in [2.24, 2.45) is 0 Å². The number of halogens is 2. The number of carboxylic acids is 1. The molecule has 22 heavy (non-hydrogen) atoms. The minimum atomic E-state index is -0.866. The normalized spacial score (nSPS) is 11.0. The number of carbonyl (C=O) groups is 1. The van der Waals surface area contributed by atoms with Crippen molar-refractivity contribution in [3.63, 3.8) is 0 Å². The van der Waals surface area contributed by atoms with E-state index in [0.717, 1.165) is 20.4 Å². The van der Waals surface area contributed by atoms with Crippen molar-refractivity contribution < 1.29 is 9.90 Å². The van der Waals surface area contributed by atoms with Gasteiger partial charge >= 0.3 is 5.97 Å². The molecule has 3 aromatic rings. The Hall–Kier alpha value is -1.15. The minimum absolute atomic E-state index is 0.0155. The fourth-order valence-electron chi connectivity index (χ4n) is 1.85. The van der Waals surface area contributed by atoms with Gasteiger partial charge in [-0.15, -0.1) is 11.3 Å². The van der Waals surface area contributed by atoms with E-state index in [4.69, 9.17) is 16.7 Å². The first-order chi connectivity index (χ1) is 10.5. The van der Waals surface area contributed by atoms with Crippen LogP contribution in [0.2, 0.25) is 5.02 Å². The quantitative estimate of drug-likeness (QED) is 0.611. The van der Waals surface area contributed by atoms with Crippen LogP contribution in [0, 0.1) is 0 Å². The molecule has 0 amide bonds. The largest absolute Gasteiger partial charge is 0.481 e. The maximum atomic E-state index is 10.6. The Labute approximate surface area is 147 Å². The maximum absolute atomic E-state index is 10.6. The Morgan fingerprint density at radius 2 is 2.14 bits per heavy atom. The molecule has 0 aliphatic heterocycles. The van der Waals surface area contributed by atoms with Crippen molar-refractivity contribution in [2.75, 3.05) is 5.75 Å². The SMILES string of the molecule is O=C(O)CSc1nc2nc(-c3ccccc3Cl)c(Br)cc2s1. The molecule has 0 saturated heterocycles. The zero-order valence-electron chi connectivity index (χ0n) is 10.9. The van der Waals surface area contributed by atoms with Crippen LogP contribution in [-0.4, -0.2) is 26.8 Å². The van der Waals surface area contributed by atoms with Crippen LogP contribution in [0.15, 0.2) is 39.1 Å². The lowest BCUT2D eigenvalue weighted by Gasteiger charge is -2.05. The number of fused-ring (bicyclic) bond motifs is 1. The average molecular weight is 416 g/mol. The Morgan fingerprint density at radius 1 is 1.36 bits per heavy atom. The Morgan fingerprint density at radius 3 is 2.86 bits per heavy atom. The number of hydrogen-bond acceptors (Lipinski definition) is 5. The lowest BCUT2D eigenvalue weighted by molar-refractivity contribution is -0.133. The second-order valence-electron chi connectivity index (χ2n) is 4.28. The maximum Gasteiger partial charge on any atom is 0.313 e. The van der Waals surface area contributed by atoms with Crippen molar-refractivity contribution in [2.45, 2.75) is 4.34 Å². The predicted octanol–water partition coefficient (Wildman–Crippen LogP) is 4.95. The number of thiazole rings is 1. The van der Waals surface area contributed by atoms with Gasteiger partial charge in [-0.3, -0.25) is 4.79 Å². The van der Waals surface area contributed by atoms with Crippen molar-refractivity contribution in [1.82, 2.24) is 9.97 Å². The molecule has 0 atom stereocenters. The molecule has 0 bridgehead atoms. The molecule has 0 saturated carbocycles. The van der Waals surface area contributed by atoms with E-state index < -0.39 is 5.97 Å². The summed E-state index contributed by atoms with van der Waals surface area (Å²) >= 11 is 12.4. The Bertz CT molecular complexity index is 869. The Balaban J connectivity index is 2.04. The number of carboxylic acid groups (broad SMARTS) is 1. The summed E-state index contributed by atoms with van der Waals surface area (Å²) in [5, 5.41) is 9.35. The van der Waals surface area contributed by atoms with Gasteiger partial charge in [0.2, 0.25) is 0 Å². The van der Waals surface area contributed by atoms with Gasteiger partial charge < -0.3 is 5.11 Å². The molecule has 3 rings (SSSR count). The van der Waals surface area contributed by atoms with Crippen molar-refractivity contribution in [3.8, 4) is 11.3 Å². The molecule has 0 aliphatic carbocycles. The lowest BCUT2D eigenvalue weighted by Crippen LogP contribution is -1.96. The summed E-state index contributed by atoms with van der Waals surface area (Å²) in [5.74, 6) is -0.881. The molecular formula is C14H8BrClN2O2S2. The number of hydrogen-bond donors (Lipinski definition) is 1. The zero-order valence-corrected chi connectivity index (χ0v) is 14.9. The lowest BCUT2D eigenvalue weighted by atomic mass is 10.1. The van der Waals surface area contributed by atoms with E-state index in [1.807, 2.05) is 30.3 Å². The van der Waals surface area contributed by atoms with Crippen molar-refractivity contribution in [3.05, 3.63) is 39.8 Å². The molecule has 1 aromatic carbocycles. The van der Waals surface area contributed by atoms with Gasteiger partial charge in [0.15, 0.2) is 9.99 Å². The van der Waals surface area contributed by atoms with E-state index in [9.17, 15) is 4.79 Å². The summed E-state index contributed by atoms with van der Waals surface area (Å²) in [7, 11) is 0. The van der Waals surface area contributed by atoms with Crippen LogP contribution in [0.4, 0.5) is 0 Å². The number of nitrogens with zero attached hydrogens (tertiary/aromatic N) is 2. The highest BCUT2D eigenvalue weighted by Crippen LogP contribution is 2.36. The number of aromatic nitrogens is 2. The van der Waals surface area contributed by atoms with E-state index >= 15 is 0 Å². The molecule has 1 N–H and O–H groups in total. The number of rotatable bonds is 4. The van der Waals surface area contributed by atoms with E-state index in [1.165, 1.54) is 23.1 Å². The summed E-state index contributed by atoms with van der Waals surface area (Å²) in [4.78, 5) is 19.6. The molecule has 0 aliphatic rings. The average Bonchev–Trinajstić information content (AvgIpc) is 2.87. The summed E-state index contributed by atoms with van der Waals surface area (Å²) in [5.41, 5.74) is 2.14. The third-order valence-corrected chi connectivity index (χ3v) is 5.82. The summed E-state index contributed by atoms with van der Waals surface area (Å²) in [6.07, 6.45) is 0. The van der Waals surface area contributed by atoms with Crippen molar-refractivity contribution in [1.29, 1.82) is 0 Å². The van der Waals surface area contributed by atoms with Crippen LogP contribution in [0.5, 0.6) is 0 Å². The zero-order chi connectivity index (χ0) is 15.7. The van der Waals surface area contributed by atoms with Crippen molar-refractivity contribution >= 4 is 66.9 Å². The topological polar surface area (TPSA) is 63.1 Å². The number of pyridine rings is 1. The van der Waals surface area contributed by atoms with Crippen LogP contribution in [0.3, 0.4) is 0 Å². The van der Waals surface area contributed by atoms with Gasteiger partial charge in [-0.05, 0) is 28.1 Å². The monoisotopic (exact) mass is 414 g/mol. The van der Waals surface area contributed by atoms with Gasteiger partial charge in [0.05, 0.1) is 16.1 Å². The molecule has 2 aromatic heterocycles. The summed E-state index contributed by atoms with van der Waals surface area (Å²) < 4.78 is 2.41. The molecule has 8 heteroatoms.